The Hall–Kier alpha value is -0.900. The van der Waals surface area contributed by atoms with Gasteiger partial charge in [-0.15, -0.1) is 0 Å². The van der Waals surface area contributed by atoms with E-state index in [9.17, 15) is 14.7 Å². The van der Waals surface area contributed by atoms with Crippen molar-refractivity contribution in [2.45, 2.75) is 90.3 Å². The van der Waals surface area contributed by atoms with E-state index in [1.807, 2.05) is 6.92 Å². The summed E-state index contributed by atoms with van der Waals surface area (Å²) in [5.41, 5.74) is -0.738. The Morgan fingerprint density at radius 2 is 1.92 bits per heavy atom. The Labute approximate surface area is 157 Å². The maximum absolute atomic E-state index is 13.5. The minimum atomic E-state index is -0.718. The molecule has 2 aliphatic carbocycles. The number of carboxylic acids is 1. The summed E-state index contributed by atoms with van der Waals surface area (Å²) in [6, 6.07) is 0. The van der Waals surface area contributed by atoms with Gasteiger partial charge in [-0.2, -0.15) is 0 Å². The van der Waals surface area contributed by atoms with Crippen molar-refractivity contribution in [3.8, 4) is 0 Å². The lowest BCUT2D eigenvalue weighted by molar-refractivity contribution is -0.213. The first-order valence-electron chi connectivity index (χ1n) is 10.7. The predicted molar refractivity (Wildman–Crippen MR) is 98.7 cm³/mol. The first-order chi connectivity index (χ1) is 12.3. The number of hydrogen-bond acceptors (Lipinski definition) is 3. The van der Waals surface area contributed by atoms with Crippen molar-refractivity contribution in [3.05, 3.63) is 0 Å². The molecular formula is C22H34O4. The Balaban J connectivity index is 1.71. The van der Waals surface area contributed by atoms with E-state index >= 15 is 0 Å². The smallest absolute Gasteiger partial charge is 0.306 e. The summed E-state index contributed by atoms with van der Waals surface area (Å²) in [5.74, 6) is 0.652. The lowest BCUT2D eigenvalue weighted by atomic mass is 9.52. The minimum Gasteiger partial charge on any atom is -0.481 e. The second-order valence-corrected chi connectivity index (χ2v) is 10.1. The third-order valence-electron chi connectivity index (χ3n) is 8.66. The summed E-state index contributed by atoms with van der Waals surface area (Å²) in [6.45, 7) is 6.36. The van der Waals surface area contributed by atoms with Gasteiger partial charge in [0.25, 0.3) is 0 Å². The van der Waals surface area contributed by atoms with E-state index in [-0.39, 0.29) is 35.1 Å². The molecule has 4 fully saturated rings. The van der Waals surface area contributed by atoms with Crippen molar-refractivity contribution >= 4 is 11.8 Å². The third-order valence-corrected chi connectivity index (χ3v) is 8.66. The average Bonchev–Trinajstić information content (AvgIpc) is 2.90. The number of Topliss-reactive ketones (excluding diaryl/α,β-unsaturated/α-hetero) is 1. The second-order valence-electron chi connectivity index (χ2n) is 10.1. The first-order valence-corrected chi connectivity index (χ1v) is 10.7. The van der Waals surface area contributed by atoms with Gasteiger partial charge >= 0.3 is 5.97 Å². The lowest BCUT2D eigenvalue weighted by Crippen LogP contribution is -2.62. The van der Waals surface area contributed by atoms with Crippen LogP contribution in [0.25, 0.3) is 0 Å². The molecule has 8 atom stereocenters. The molecule has 4 aliphatic rings. The van der Waals surface area contributed by atoms with Gasteiger partial charge in [0.1, 0.15) is 5.60 Å². The zero-order valence-electron chi connectivity index (χ0n) is 16.5. The number of carbonyl (C=O) groups excluding carboxylic acids is 1. The molecular weight excluding hydrogens is 328 g/mol. The van der Waals surface area contributed by atoms with Gasteiger partial charge in [-0.25, -0.2) is 0 Å². The zero-order valence-corrected chi connectivity index (χ0v) is 16.5. The zero-order chi connectivity index (χ0) is 18.7. The number of carboxylic acid groups (broad SMARTS) is 1. The number of carbonyl (C=O) groups is 2. The summed E-state index contributed by atoms with van der Waals surface area (Å²) in [5, 5.41) is 9.59. The minimum absolute atomic E-state index is 0.105. The van der Waals surface area contributed by atoms with Crippen LogP contribution in [0.3, 0.4) is 0 Å². The van der Waals surface area contributed by atoms with Crippen molar-refractivity contribution in [2.75, 3.05) is 0 Å². The van der Waals surface area contributed by atoms with Gasteiger partial charge in [-0.1, -0.05) is 27.2 Å². The maximum Gasteiger partial charge on any atom is 0.306 e. The molecule has 0 aromatic heterocycles. The molecule has 2 aliphatic heterocycles. The van der Waals surface area contributed by atoms with Crippen LogP contribution in [0, 0.1) is 35.0 Å². The number of fused-ring (bicyclic) bond motifs is 3. The average molecular weight is 363 g/mol. The molecule has 1 N–H and O–H groups in total. The molecule has 2 saturated heterocycles. The third kappa shape index (κ3) is 2.58. The Bertz CT molecular complexity index is 601. The van der Waals surface area contributed by atoms with Crippen LogP contribution < -0.4 is 0 Å². The number of ether oxygens (including phenoxy) is 1. The van der Waals surface area contributed by atoms with Crippen LogP contribution in [0.5, 0.6) is 0 Å². The van der Waals surface area contributed by atoms with Gasteiger partial charge in [0.15, 0.2) is 5.78 Å². The van der Waals surface area contributed by atoms with Crippen molar-refractivity contribution in [3.63, 3.8) is 0 Å². The topological polar surface area (TPSA) is 63.6 Å². The SMILES string of the molecule is C[C@@H]1CC[C@@H]2[C@@H]3CC[C@@H]([C@H](C)C(=O)O)[C@]3(C)CC(=O)[C@]23CCC[C@H](C1)O3. The molecule has 0 aromatic rings. The van der Waals surface area contributed by atoms with Gasteiger partial charge < -0.3 is 9.84 Å². The summed E-state index contributed by atoms with van der Waals surface area (Å²) in [7, 11) is 0. The summed E-state index contributed by atoms with van der Waals surface area (Å²) >= 11 is 0. The molecule has 0 radical (unpaired) electrons. The highest BCUT2D eigenvalue weighted by Crippen LogP contribution is 2.64. The van der Waals surface area contributed by atoms with Gasteiger partial charge in [0.05, 0.1) is 12.0 Å². The quantitative estimate of drug-likeness (QED) is 0.788. The Morgan fingerprint density at radius 1 is 1.19 bits per heavy atom. The molecule has 2 bridgehead atoms. The summed E-state index contributed by atoms with van der Waals surface area (Å²) in [6.07, 6.45) is 9.14. The van der Waals surface area contributed by atoms with E-state index in [1.54, 1.807) is 0 Å². The largest absolute Gasteiger partial charge is 0.481 e. The van der Waals surface area contributed by atoms with Gasteiger partial charge in [-0.3, -0.25) is 9.59 Å². The van der Waals surface area contributed by atoms with Gasteiger partial charge in [0.2, 0.25) is 0 Å². The van der Waals surface area contributed by atoms with E-state index < -0.39 is 11.6 Å². The van der Waals surface area contributed by atoms with Crippen LogP contribution in [-0.2, 0) is 14.3 Å². The number of ketones is 1. The molecule has 1 spiro atoms. The number of aliphatic carboxylic acids is 1. The lowest BCUT2D eigenvalue weighted by Gasteiger charge is -2.57. The molecule has 0 unspecified atom stereocenters. The van der Waals surface area contributed by atoms with E-state index in [0.29, 0.717) is 18.3 Å². The molecule has 4 heteroatoms. The standard InChI is InChI=1S/C22H34O4/c1-13-6-7-18-17-9-8-16(14(2)20(24)25)21(17,3)12-19(23)22(18)10-4-5-15(11-13)26-22/h13-18H,4-12H2,1-3H3,(H,24,25)/t13-,14+,15-,16+,17+,18-,21+,22+/m1/s1. The fraction of sp³-hybridized carbons (Fsp3) is 0.909. The Morgan fingerprint density at radius 3 is 2.65 bits per heavy atom. The Kier molecular flexibility index (Phi) is 4.49. The van der Waals surface area contributed by atoms with E-state index in [0.717, 1.165) is 44.9 Å². The molecule has 2 saturated carbocycles. The van der Waals surface area contributed by atoms with Crippen molar-refractivity contribution in [1.82, 2.24) is 0 Å². The molecule has 0 aromatic carbocycles. The first kappa shape index (κ1) is 18.5. The maximum atomic E-state index is 13.5. The molecule has 2 heterocycles. The van der Waals surface area contributed by atoms with E-state index in [4.69, 9.17) is 4.74 Å². The number of rotatable bonds is 2. The van der Waals surface area contributed by atoms with Crippen LogP contribution in [0.1, 0.15) is 78.6 Å². The van der Waals surface area contributed by atoms with Crippen molar-refractivity contribution < 1.29 is 19.4 Å². The fourth-order valence-electron chi connectivity index (χ4n) is 7.35. The van der Waals surface area contributed by atoms with Crippen molar-refractivity contribution in [1.29, 1.82) is 0 Å². The molecule has 26 heavy (non-hydrogen) atoms. The highest BCUT2D eigenvalue weighted by molar-refractivity contribution is 5.90. The van der Waals surface area contributed by atoms with E-state index in [1.165, 1.54) is 6.42 Å². The van der Waals surface area contributed by atoms with Gasteiger partial charge in [-0.05, 0) is 74.0 Å². The summed E-state index contributed by atoms with van der Waals surface area (Å²) < 4.78 is 6.63. The number of hydrogen-bond donors (Lipinski definition) is 1. The normalized spacial score (nSPS) is 49.5. The summed E-state index contributed by atoms with van der Waals surface area (Å²) in [4.78, 5) is 25.2. The van der Waals surface area contributed by atoms with Gasteiger partial charge in [0, 0.05) is 6.42 Å². The molecule has 146 valence electrons. The van der Waals surface area contributed by atoms with Crippen LogP contribution in [0.4, 0.5) is 0 Å². The van der Waals surface area contributed by atoms with E-state index in [2.05, 4.69) is 13.8 Å². The monoisotopic (exact) mass is 362 g/mol. The predicted octanol–water partition coefficient (Wildman–Crippen LogP) is 4.46. The van der Waals surface area contributed by atoms with Crippen LogP contribution in [0.2, 0.25) is 0 Å². The fourth-order valence-corrected chi connectivity index (χ4v) is 7.35. The van der Waals surface area contributed by atoms with Crippen molar-refractivity contribution in [2.24, 2.45) is 35.0 Å². The highest BCUT2D eigenvalue weighted by atomic mass is 16.5. The molecule has 4 rings (SSSR count). The van der Waals surface area contributed by atoms with Crippen LogP contribution in [0.15, 0.2) is 0 Å². The highest BCUT2D eigenvalue weighted by Gasteiger charge is 2.65. The molecule has 4 nitrogen and oxygen atoms in total. The van der Waals surface area contributed by atoms with Crippen LogP contribution in [-0.4, -0.2) is 28.6 Å². The molecule has 0 amide bonds. The second kappa shape index (κ2) is 6.32. The van der Waals surface area contributed by atoms with Crippen LogP contribution >= 0.6 is 0 Å².